The largest absolute Gasteiger partial charge is 0.467 e. The lowest BCUT2D eigenvalue weighted by Crippen LogP contribution is -2.25. The van der Waals surface area contributed by atoms with Gasteiger partial charge in [0.15, 0.2) is 0 Å². The molecule has 5 nitrogen and oxygen atoms in total. The Bertz CT molecular complexity index is 1100. The second-order valence-corrected chi connectivity index (χ2v) is 9.71. The van der Waals surface area contributed by atoms with Gasteiger partial charge < -0.3 is 15.1 Å². The molecule has 5 rings (SSSR count). The van der Waals surface area contributed by atoms with Gasteiger partial charge in [0.25, 0.3) is 5.91 Å². The number of anilines is 1. The zero-order valence-electron chi connectivity index (χ0n) is 16.9. The first kappa shape index (κ1) is 20.3. The molecule has 2 heterocycles. The lowest BCUT2D eigenvalue weighted by Gasteiger charge is -2.13. The van der Waals surface area contributed by atoms with Gasteiger partial charge in [-0.05, 0) is 73.4 Å². The number of fused-ring (bicyclic) bond motifs is 1. The third kappa shape index (κ3) is 4.27. The van der Waals surface area contributed by atoms with Gasteiger partial charge >= 0.3 is 0 Å². The monoisotopic (exact) mass is 454 g/mol. The van der Waals surface area contributed by atoms with E-state index in [0.29, 0.717) is 27.9 Å². The molecule has 2 aliphatic rings. The summed E-state index contributed by atoms with van der Waals surface area (Å²) >= 11 is 7.53. The molecule has 31 heavy (non-hydrogen) atoms. The van der Waals surface area contributed by atoms with Gasteiger partial charge in [-0.15, -0.1) is 11.3 Å². The smallest absolute Gasteiger partial charge is 0.254 e. The van der Waals surface area contributed by atoms with Gasteiger partial charge in [0.2, 0.25) is 5.91 Å². The number of nitrogens with one attached hydrogen (secondary N) is 2. The molecule has 0 aliphatic heterocycles. The molecule has 2 aromatic heterocycles. The summed E-state index contributed by atoms with van der Waals surface area (Å²) in [4.78, 5) is 27.3. The number of carbonyl (C=O) groups excluding carboxylic acids is 2. The van der Waals surface area contributed by atoms with Gasteiger partial charge in [0.1, 0.15) is 10.8 Å². The molecular formula is C24H23ClN2O3S. The summed E-state index contributed by atoms with van der Waals surface area (Å²) in [6, 6.07) is 11.3. The minimum absolute atomic E-state index is 0.0152. The number of thiophene rings is 1. The minimum atomic E-state index is -0.156. The first-order valence-corrected chi connectivity index (χ1v) is 11.8. The highest BCUT2D eigenvalue weighted by Crippen LogP contribution is 2.49. The summed E-state index contributed by atoms with van der Waals surface area (Å²) in [5, 5.41) is 7.40. The van der Waals surface area contributed by atoms with E-state index < -0.39 is 0 Å². The minimum Gasteiger partial charge on any atom is -0.467 e. The number of aryl methyl sites for hydroxylation is 1. The van der Waals surface area contributed by atoms with Crippen molar-refractivity contribution in [3.8, 4) is 0 Å². The van der Waals surface area contributed by atoms with E-state index in [1.807, 2.05) is 30.3 Å². The lowest BCUT2D eigenvalue weighted by atomic mass is 9.95. The molecule has 2 N–H and O–H groups in total. The normalized spacial score (nSPS) is 19.5. The van der Waals surface area contributed by atoms with Crippen LogP contribution in [0.2, 0.25) is 5.02 Å². The van der Waals surface area contributed by atoms with Crippen molar-refractivity contribution in [2.75, 3.05) is 5.32 Å². The van der Waals surface area contributed by atoms with Crippen molar-refractivity contribution in [1.29, 1.82) is 0 Å². The van der Waals surface area contributed by atoms with E-state index in [2.05, 4.69) is 10.6 Å². The number of rotatable bonds is 6. The molecule has 0 radical (unpaired) electrons. The highest BCUT2D eigenvalue weighted by molar-refractivity contribution is 7.17. The highest BCUT2D eigenvalue weighted by Gasteiger charge is 2.44. The summed E-state index contributed by atoms with van der Waals surface area (Å²) in [5.74, 6) is 0.670. The number of carbonyl (C=O) groups is 2. The second kappa shape index (κ2) is 8.52. The van der Waals surface area contributed by atoms with E-state index in [0.717, 1.165) is 43.2 Å². The number of hydrogen-bond donors (Lipinski definition) is 2. The molecule has 1 aromatic carbocycles. The zero-order chi connectivity index (χ0) is 21.4. The van der Waals surface area contributed by atoms with Gasteiger partial charge in [-0.2, -0.15) is 0 Å². The highest BCUT2D eigenvalue weighted by atomic mass is 35.5. The summed E-state index contributed by atoms with van der Waals surface area (Å²) in [6.07, 6.45) is 6.44. The van der Waals surface area contributed by atoms with Gasteiger partial charge in [0, 0.05) is 15.8 Å². The third-order valence-corrected chi connectivity index (χ3v) is 7.52. The van der Waals surface area contributed by atoms with Gasteiger partial charge in [-0.1, -0.05) is 23.7 Å². The SMILES string of the molecule is O=C(NCc1ccco1)c1c(NC(=O)C2CC2c2ccc(Cl)cc2)sc2c1CCCC2. The van der Waals surface area contributed by atoms with E-state index >= 15 is 0 Å². The molecule has 2 aliphatic carbocycles. The number of furan rings is 1. The number of amides is 2. The van der Waals surface area contributed by atoms with Gasteiger partial charge in [0.05, 0.1) is 18.4 Å². The van der Waals surface area contributed by atoms with Crippen LogP contribution in [0.1, 0.15) is 57.3 Å². The topological polar surface area (TPSA) is 71.3 Å². The molecular weight excluding hydrogens is 432 g/mol. The second-order valence-electron chi connectivity index (χ2n) is 8.17. The van der Waals surface area contributed by atoms with Crippen molar-refractivity contribution in [3.63, 3.8) is 0 Å². The van der Waals surface area contributed by atoms with Crippen LogP contribution < -0.4 is 10.6 Å². The van der Waals surface area contributed by atoms with Crippen molar-refractivity contribution >= 4 is 39.8 Å². The number of hydrogen-bond acceptors (Lipinski definition) is 4. The predicted molar refractivity (Wildman–Crippen MR) is 122 cm³/mol. The first-order valence-electron chi connectivity index (χ1n) is 10.6. The lowest BCUT2D eigenvalue weighted by molar-refractivity contribution is -0.117. The van der Waals surface area contributed by atoms with Crippen LogP contribution in [-0.2, 0) is 24.2 Å². The van der Waals surface area contributed by atoms with Crippen LogP contribution in [-0.4, -0.2) is 11.8 Å². The maximum Gasteiger partial charge on any atom is 0.254 e. The van der Waals surface area contributed by atoms with E-state index in [4.69, 9.17) is 16.0 Å². The van der Waals surface area contributed by atoms with Crippen LogP contribution in [0.5, 0.6) is 0 Å². The Kier molecular flexibility index (Phi) is 5.59. The Labute approximate surface area is 189 Å². The summed E-state index contributed by atoms with van der Waals surface area (Å²) in [6.45, 7) is 0.325. The molecule has 2 amide bonds. The van der Waals surface area contributed by atoms with Crippen LogP contribution in [0.15, 0.2) is 47.1 Å². The quantitative estimate of drug-likeness (QED) is 0.513. The first-order chi connectivity index (χ1) is 15.1. The van der Waals surface area contributed by atoms with Crippen molar-refractivity contribution in [2.24, 2.45) is 5.92 Å². The molecule has 1 fully saturated rings. The van der Waals surface area contributed by atoms with Crippen LogP contribution in [0.3, 0.4) is 0 Å². The zero-order valence-corrected chi connectivity index (χ0v) is 18.5. The maximum absolute atomic E-state index is 13.1. The summed E-state index contributed by atoms with van der Waals surface area (Å²) in [5.41, 5.74) is 2.85. The number of halogens is 1. The molecule has 3 aromatic rings. The van der Waals surface area contributed by atoms with Crippen molar-refractivity contribution in [3.05, 3.63) is 75.0 Å². The molecule has 0 saturated heterocycles. The third-order valence-electron chi connectivity index (χ3n) is 6.06. The van der Waals surface area contributed by atoms with Crippen LogP contribution in [0, 0.1) is 5.92 Å². The molecule has 160 valence electrons. The Hall–Kier alpha value is -2.57. The summed E-state index contributed by atoms with van der Waals surface area (Å²) < 4.78 is 5.32. The molecule has 7 heteroatoms. The fourth-order valence-corrected chi connectivity index (χ4v) is 5.75. The number of benzene rings is 1. The van der Waals surface area contributed by atoms with E-state index in [-0.39, 0.29) is 23.7 Å². The predicted octanol–water partition coefficient (Wildman–Crippen LogP) is 5.55. The average Bonchev–Trinajstić information content (AvgIpc) is 3.24. The fourth-order valence-electron chi connectivity index (χ4n) is 4.33. The van der Waals surface area contributed by atoms with Gasteiger partial charge in [-0.25, -0.2) is 0 Å². The Balaban J connectivity index is 1.32. The van der Waals surface area contributed by atoms with Crippen LogP contribution in [0.4, 0.5) is 5.00 Å². The van der Waals surface area contributed by atoms with Crippen molar-refractivity contribution < 1.29 is 14.0 Å². The molecule has 1 saturated carbocycles. The van der Waals surface area contributed by atoms with E-state index in [9.17, 15) is 9.59 Å². The Morgan fingerprint density at radius 3 is 2.71 bits per heavy atom. The average molecular weight is 455 g/mol. The molecule has 2 unspecified atom stereocenters. The molecule has 2 atom stereocenters. The van der Waals surface area contributed by atoms with E-state index in [1.165, 1.54) is 4.88 Å². The van der Waals surface area contributed by atoms with Crippen molar-refractivity contribution in [1.82, 2.24) is 5.32 Å². The van der Waals surface area contributed by atoms with Crippen LogP contribution in [0.25, 0.3) is 0 Å². The Morgan fingerprint density at radius 1 is 1.13 bits per heavy atom. The van der Waals surface area contributed by atoms with Crippen molar-refractivity contribution in [2.45, 2.75) is 44.6 Å². The Morgan fingerprint density at radius 2 is 1.94 bits per heavy atom. The van der Waals surface area contributed by atoms with Crippen LogP contribution >= 0.6 is 22.9 Å². The standard InChI is InChI=1S/C24H23ClN2O3S/c25-15-9-7-14(8-10-15)18-12-19(18)22(28)27-24-21(17-5-1-2-6-20(17)31-24)23(29)26-13-16-4-3-11-30-16/h3-4,7-11,18-19H,1-2,5-6,12-13H2,(H,26,29)(H,27,28). The van der Waals surface area contributed by atoms with Gasteiger partial charge in [-0.3, -0.25) is 9.59 Å². The summed E-state index contributed by atoms with van der Waals surface area (Å²) in [7, 11) is 0. The molecule has 0 spiro atoms. The fraction of sp³-hybridized carbons (Fsp3) is 0.333. The van der Waals surface area contributed by atoms with E-state index in [1.54, 1.807) is 23.7 Å². The maximum atomic E-state index is 13.1. The molecule has 0 bridgehead atoms.